The number of ether oxygens (including phenoxy) is 1. The third-order valence-corrected chi connectivity index (χ3v) is 4.92. The molecule has 1 saturated heterocycles. The van der Waals surface area contributed by atoms with Crippen molar-refractivity contribution in [2.75, 3.05) is 37.7 Å². The summed E-state index contributed by atoms with van der Waals surface area (Å²) in [4.78, 5) is 16.6. The molecular formula is C22H22N2O3. The predicted octanol–water partition coefficient (Wildman–Crippen LogP) is 3.27. The second-order valence-electron chi connectivity index (χ2n) is 6.65. The van der Waals surface area contributed by atoms with Gasteiger partial charge >= 0.3 is 0 Å². The number of hydrogen-bond acceptors (Lipinski definition) is 4. The number of fused-ring (bicyclic) bond motifs is 1. The first-order valence-electron chi connectivity index (χ1n) is 9.13. The molecule has 138 valence electrons. The van der Waals surface area contributed by atoms with Crippen molar-refractivity contribution >= 4 is 22.4 Å². The molecule has 0 atom stereocenters. The number of carbonyl (C=O) groups excluding carboxylic acids is 1. The van der Waals surface area contributed by atoms with E-state index in [-0.39, 0.29) is 18.3 Å². The maximum atomic E-state index is 12.4. The Morgan fingerprint density at radius 3 is 2.48 bits per heavy atom. The molecule has 1 fully saturated rings. The van der Waals surface area contributed by atoms with E-state index >= 15 is 0 Å². The molecule has 1 amide bonds. The van der Waals surface area contributed by atoms with Crippen LogP contribution in [0.3, 0.4) is 0 Å². The molecular weight excluding hydrogens is 340 g/mol. The normalized spacial score (nSPS) is 14.4. The first-order chi connectivity index (χ1) is 13.2. The lowest BCUT2D eigenvalue weighted by Crippen LogP contribution is -2.50. The minimum absolute atomic E-state index is 0.0161. The Balaban J connectivity index is 1.36. The van der Waals surface area contributed by atoms with Crippen LogP contribution in [0.4, 0.5) is 5.69 Å². The molecule has 0 aromatic heterocycles. The van der Waals surface area contributed by atoms with Gasteiger partial charge in [0.15, 0.2) is 6.61 Å². The third kappa shape index (κ3) is 3.82. The van der Waals surface area contributed by atoms with E-state index in [2.05, 4.69) is 47.4 Å². The van der Waals surface area contributed by atoms with E-state index in [9.17, 15) is 9.90 Å². The zero-order chi connectivity index (χ0) is 18.6. The van der Waals surface area contributed by atoms with Crippen molar-refractivity contribution in [2.45, 2.75) is 0 Å². The van der Waals surface area contributed by atoms with E-state index < -0.39 is 0 Å². The van der Waals surface area contributed by atoms with Crippen LogP contribution in [-0.2, 0) is 4.79 Å². The summed E-state index contributed by atoms with van der Waals surface area (Å²) in [5.74, 6) is 0.595. The average Bonchev–Trinajstić information content (AvgIpc) is 2.72. The summed E-state index contributed by atoms with van der Waals surface area (Å²) in [5.41, 5.74) is 1.22. The SMILES string of the molecule is O=C(COc1cccc(O)c1)N1CCN(c2cccc3ccccc23)CC1. The van der Waals surface area contributed by atoms with Crippen molar-refractivity contribution in [1.29, 1.82) is 0 Å². The van der Waals surface area contributed by atoms with Crippen LogP contribution in [0.2, 0.25) is 0 Å². The van der Waals surface area contributed by atoms with Crippen molar-refractivity contribution in [3.8, 4) is 11.5 Å². The molecule has 4 rings (SSSR count). The van der Waals surface area contributed by atoms with Gasteiger partial charge in [0.25, 0.3) is 5.91 Å². The minimum atomic E-state index is -0.0316. The van der Waals surface area contributed by atoms with E-state index in [4.69, 9.17) is 4.74 Å². The summed E-state index contributed by atoms with van der Waals surface area (Å²) in [7, 11) is 0. The number of carbonyl (C=O) groups is 1. The van der Waals surface area contributed by atoms with Crippen LogP contribution in [0.25, 0.3) is 10.8 Å². The van der Waals surface area contributed by atoms with E-state index in [1.165, 1.54) is 22.5 Å². The summed E-state index contributed by atoms with van der Waals surface area (Å²) >= 11 is 0. The molecule has 0 saturated carbocycles. The topological polar surface area (TPSA) is 53.0 Å². The van der Waals surface area contributed by atoms with Crippen molar-refractivity contribution in [2.24, 2.45) is 0 Å². The minimum Gasteiger partial charge on any atom is -0.508 e. The lowest BCUT2D eigenvalue weighted by atomic mass is 10.1. The van der Waals surface area contributed by atoms with Gasteiger partial charge in [-0.2, -0.15) is 0 Å². The zero-order valence-corrected chi connectivity index (χ0v) is 15.0. The smallest absolute Gasteiger partial charge is 0.260 e. The second kappa shape index (κ2) is 7.58. The molecule has 0 spiro atoms. The fraction of sp³-hybridized carbons (Fsp3) is 0.227. The van der Waals surface area contributed by atoms with E-state index in [0.29, 0.717) is 18.8 Å². The highest BCUT2D eigenvalue weighted by Gasteiger charge is 2.22. The van der Waals surface area contributed by atoms with Crippen molar-refractivity contribution < 1.29 is 14.6 Å². The number of aromatic hydroxyl groups is 1. The Morgan fingerprint density at radius 2 is 1.67 bits per heavy atom. The van der Waals surface area contributed by atoms with Gasteiger partial charge < -0.3 is 19.6 Å². The van der Waals surface area contributed by atoms with Crippen LogP contribution in [-0.4, -0.2) is 48.7 Å². The number of nitrogens with zero attached hydrogens (tertiary/aromatic N) is 2. The molecule has 0 bridgehead atoms. The van der Waals surface area contributed by atoms with Crippen LogP contribution in [0.5, 0.6) is 11.5 Å². The van der Waals surface area contributed by atoms with E-state index in [1.54, 1.807) is 18.2 Å². The Hall–Kier alpha value is -3.21. The number of rotatable bonds is 4. The Morgan fingerprint density at radius 1 is 0.926 bits per heavy atom. The van der Waals surface area contributed by atoms with Gasteiger partial charge in [0.2, 0.25) is 0 Å². The number of phenols is 1. The monoisotopic (exact) mass is 362 g/mol. The maximum Gasteiger partial charge on any atom is 0.260 e. The average molecular weight is 362 g/mol. The molecule has 0 radical (unpaired) electrons. The highest BCUT2D eigenvalue weighted by molar-refractivity contribution is 5.94. The summed E-state index contributed by atoms with van der Waals surface area (Å²) < 4.78 is 5.51. The maximum absolute atomic E-state index is 12.4. The number of benzene rings is 3. The summed E-state index contributed by atoms with van der Waals surface area (Å²) in [6.07, 6.45) is 0. The van der Waals surface area contributed by atoms with Crippen LogP contribution >= 0.6 is 0 Å². The molecule has 1 aliphatic heterocycles. The zero-order valence-electron chi connectivity index (χ0n) is 15.0. The lowest BCUT2D eigenvalue weighted by Gasteiger charge is -2.36. The van der Waals surface area contributed by atoms with Gasteiger partial charge in [-0.1, -0.05) is 42.5 Å². The molecule has 1 heterocycles. The number of phenolic OH excluding ortho intramolecular Hbond substituents is 1. The van der Waals surface area contributed by atoms with E-state index in [1.807, 2.05) is 4.90 Å². The largest absolute Gasteiger partial charge is 0.508 e. The number of anilines is 1. The molecule has 1 aliphatic rings. The van der Waals surface area contributed by atoms with Crippen LogP contribution in [0.1, 0.15) is 0 Å². The summed E-state index contributed by atoms with van der Waals surface area (Å²) in [6, 6.07) is 21.2. The standard InChI is InChI=1S/C22H22N2O3/c25-18-7-4-8-19(15-18)27-16-22(26)24-13-11-23(12-14-24)21-10-3-6-17-5-1-2-9-20(17)21/h1-10,15,25H,11-14,16H2. The summed E-state index contributed by atoms with van der Waals surface area (Å²) in [6.45, 7) is 2.92. The van der Waals surface area contributed by atoms with Gasteiger partial charge in [-0.15, -0.1) is 0 Å². The van der Waals surface area contributed by atoms with Crippen molar-refractivity contribution in [3.05, 3.63) is 66.7 Å². The van der Waals surface area contributed by atoms with Crippen LogP contribution < -0.4 is 9.64 Å². The molecule has 1 N–H and O–H groups in total. The Labute approximate surface area is 158 Å². The van der Waals surface area contributed by atoms with Gasteiger partial charge in [0.1, 0.15) is 11.5 Å². The summed E-state index contributed by atoms with van der Waals surface area (Å²) in [5, 5.41) is 11.9. The van der Waals surface area contributed by atoms with Crippen molar-refractivity contribution in [3.63, 3.8) is 0 Å². The number of piperazine rings is 1. The first kappa shape index (κ1) is 17.2. The fourth-order valence-corrected chi connectivity index (χ4v) is 3.49. The quantitative estimate of drug-likeness (QED) is 0.774. The predicted molar refractivity (Wildman–Crippen MR) is 106 cm³/mol. The molecule has 5 heteroatoms. The van der Waals surface area contributed by atoms with E-state index in [0.717, 1.165) is 13.1 Å². The highest BCUT2D eigenvalue weighted by atomic mass is 16.5. The van der Waals surface area contributed by atoms with Gasteiger partial charge in [-0.05, 0) is 23.6 Å². The Kier molecular flexibility index (Phi) is 4.83. The number of hydrogen-bond donors (Lipinski definition) is 1. The van der Waals surface area contributed by atoms with Gasteiger partial charge in [-0.3, -0.25) is 4.79 Å². The number of amides is 1. The van der Waals surface area contributed by atoms with Crippen LogP contribution in [0.15, 0.2) is 66.7 Å². The molecule has 0 aliphatic carbocycles. The first-order valence-corrected chi connectivity index (χ1v) is 9.13. The van der Waals surface area contributed by atoms with Gasteiger partial charge in [0, 0.05) is 43.3 Å². The second-order valence-corrected chi connectivity index (χ2v) is 6.65. The van der Waals surface area contributed by atoms with Gasteiger partial charge in [0.05, 0.1) is 0 Å². The molecule has 5 nitrogen and oxygen atoms in total. The Bertz CT molecular complexity index is 944. The van der Waals surface area contributed by atoms with Gasteiger partial charge in [-0.25, -0.2) is 0 Å². The molecule has 3 aromatic carbocycles. The van der Waals surface area contributed by atoms with Crippen LogP contribution in [0, 0.1) is 0 Å². The van der Waals surface area contributed by atoms with Crippen molar-refractivity contribution in [1.82, 2.24) is 4.90 Å². The molecule has 3 aromatic rings. The third-order valence-electron chi connectivity index (χ3n) is 4.92. The lowest BCUT2D eigenvalue weighted by molar-refractivity contribution is -0.133. The highest BCUT2D eigenvalue weighted by Crippen LogP contribution is 2.27. The molecule has 27 heavy (non-hydrogen) atoms. The fourth-order valence-electron chi connectivity index (χ4n) is 3.49. The molecule has 0 unspecified atom stereocenters.